The minimum atomic E-state index is 0.209. The number of rotatable bonds is 7. The van der Waals surface area contributed by atoms with Gasteiger partial charge in [0.2, 0.25) is 0 Å². The summed E-state index contributed by atoms with van der Waals surface area (Å²) in [6, 6.07) is 25.6. The summed E-state index contributed by atoms with van der Waals surface area (Å²) < 4.78 is 2.22. The third-order valence-electron chi connectivity index (χ3n) is 7.91. The summed E-state index contributed by atoms with van der Waals surface area (Å²) in [5.74, 6) is 1.08. The summed E-state index contributed by atoms with van der Waals surface area (Å²) in [6.07, 6.45) is 8.15. The van der Waals surface area contributed by atoms with E-state index in [1.54, 1.807) is 0 Å². The molecule has 0 spiro atoms. The first-order chi connectivity index (χ1) is 16.7. The Hall–Kier alpha value is -2.85. The van der Waals surface area contributed by atoms with E-state index in [4.69, 9.17) is 0 Å². The maximum Gasteiger partial charge on any atom is 0.254 e. The number of nitrogens with zero attached hydrogens (tertiary/aromatic N) is 3. The van der Waals surface area contributed by atoms with E-state index in [0.29, 0.717) is 17.9 Å². The predicted molar refractivity (Wildman–Crippen MR) is 138 cm³/mol. The number of aromatic nitrogens is 1. The molecule has 2 atom stereocenters. The Morgan fingerprint density at radius 3 is 2.26 bits per heavy atom. The van der Waals surface area contributed by atoms with Gasteiger partial charge in [0, 0.05) is 62.6 Å². The van der Waals surface area contributed by atoms with Crippen LogP contribution in [-0.2, 0) is 13.6 Å². The average Bonchev–Trinajstić information content (AvgIpc) is 3.49. The SMILES string of the molecule is Cn1cccc1CN1C[C@@H](CN(C(=O)c2ccccc2)C2CCCCC2)[C@@H](c2ccccc2)C1. The van der Waals surface area contributed by atoms with Crippen molar-refractivity contribution in [3.63, 3.8) is 0 Å². The summed E-state index contributed by atoms with van der Waals surface area (Å²) in [6.45, 7) is 3.86. The first kappa shape index (κ1) is 22.9. The van der Waals surface area contributed by atoms with Gasteiger partial charge in [0.25, 0.3) is 5.91 Å². The highest BCUT2D eigenvalue weighted by Crippen LogP contribution is 2.36. The average molecular weight is 456 g/mol. The van der Waals surface area contributed by atoms with Gasteiger partial charge in [-0.3, -0.25) is 9.69 Å². The van der Waals surface area contributed by atoms with Crippen LogP contribution in [0, 0.1) is 5.92 Å². The highest BCUT2D eigenvalue weighted by Gasteiger charge is 2.38. The summed E-state index contributed by atoms with van der Waals surface area (Å²) in [5.41, 5.74) is 3.57. The van der Waals surface area contributed by atoms with Crippen LogP contribution in [0.15, 0.2) is 79.0 Å². The topological polar surface area (TPSA) is 28.5 Å². The number of carbonyl (C=O) groups is 1. The standard InChI is InChI=1S/C30H37N3O/c1-31-19-11-18-28(31)22-32-20-26(29(23-32)24-12-5-2-6-13-24)21-33(27-16-9-4-10-17-27)30(34)25-14-7-3-8-15-25/h2-3,5-8,11-15,18-19,26-27,29H,4,9-10,16-17,20-23H2,1H3/t26-,29+/m0/s1. The number of likely N-dealkylation sites (tertiary alicyclic amines) is 1. The van der Waals surface area contributed by atoms with Gasteiger partial charge in [-0.15, -0.1) is 0 Å². The van der Waals surface area contributed by atoms with Gasteiger partial charge in [-0.05, 0) is 48.6 Å². The fourth-order valence-corrected chi connectivity index (χ4v) is 6.03. The van der Waals surface area contributed by atoms with Gasteiger partial charge >= 0.3 is 0 Å². The molecule has 3 aromatic rings. The van der Waals surface area contributed by atoms with E-state index in [1.807, 2.05) is 30.3 Å². The van der Waals surface area contributed by atoms with E-state index in [9.17, 15) is 4.79 Å². The molecule has 1 aliphatic carbocycles. The number of hydrogen-bond donors (Lipinski definition) is 0. The molecule has 1 aromatic heterocycles. The van der Waals surface area contributed by atoms with E-state index < -0.39 is 0 Å². The number of carbonyl (C=O) groups excluding carboxylic acids is 1. The zero-order valence-electron chi connectivity index (χ0n) is 20.4. The first-order valence-electron chi connectivity index (χ1n) is 12.9. The molecule has 0 bridgehead atoms. The molecule has 1 aliphatic heterocycles. The zero-order valence-corrected chi connectivity index (χ0v) is 20.4. The summed E-state index contributed by atoms with van der Waals surface area (Å²) in [4.78, 5) is 18.6. The van der Waals surface area contributed by atoms with Crippen molar-refractivity contribution in [3.8, 4) is 0 Å². The monoisotopic (exact) mass is 455 g/mol. The highest BCUT2D eigenvalue weighted by molar-refractivity contribution is 5.94. The van der Waals surface area contributed by atoms with E-state index in [1.165, 1.54) is 30.5 Å². The van der Waals surface area contributed by atoms with Crippen LogP contribution in [0.5, 0.6) is 0 Å². The minimum Gasteiger partial charge on any atom is -0.353 e. The van der Waals surface area contributed by atoms with Crippen molar-refractivity contribution in [1.82, 2.24) is 14.4 Å². The van der Waals surface area contributed by atoms with Crippen molar-refractivity contribution in [1.29, 1.82) is 0 Å². The maximum atomic E-state index is 13.8. The number of amides is 1. The first-order valence-corrected chi connectivity index (χ1v) is 12.9. The van der Waals surface area contributed by atoms with Crippen LogP contribution in [0.4, 0.5) is 0 Å². The Kier molecular flexibility index (Phi) is 7.15. The van der Waals surface area contributed by atoms with Crippen LogP contribution < -0.4 is 0 Å². The Labute approximate surface area is 204 Å². The molecule has 1 saturated heterocycles. The summed E-state index contributed by atoms with van der Waals surface area (Å²) in [5, 5.41) is 0. The van der Waals surface area contributed by atoms with Crippen molar-refractivity contribution in [2.75, 3.05) is 19.6 Å². The molecule has 2 aromatic carbocycles. The van der Waals surface area contributed by atoms with Crippen LogP contribution in [0.25, 0.3) is 0 Å². The highest BCUT2D eigenvalue weighted by atomic mass is 16.2. The van der Waals surface area contributed by atoms with Gasteiger partial charge in [0.1, 0.15) is 0 Å². The lowest BCUT2D eigenvalue weighted by atomic mass is 9.87. The smallest absolute Gasteiger partial charge is 0.254 e. The summed E-state index contributed by atoms with van der Waals surface area (Å²) in [7, 11) is 2.13. The predicted octanol–water partition coefficient (Wildman–Crippen LogP) is 5.72. The molecular formula is C30H37N3O. The van der Waals surface area contributed by atoms with E-state index in [-0.39, 0.29) is 5.91 Å². The fraction of sp³-hybridized carbons (Fsp3) is 0.433. The van der Waals surface area contributed by atoms with Crippen molar-refractivity contribution in [2.45, 2.75) is 50.6 Å². The fourth-order valence-electron chi connectivity index (χ4n) is 6.03. The molecule has 34 heavy (non-hydrogen) atoms. The second kappa shape index (κ2) is 10.6. The lowest BCUT2D eigenvalue weighted by molar-refractivity contribution is 0.0588. The van der Waals surface area contributed by atoms with Gasteiger partial charge in [0.15, 0.2) is 0 Å². The van der Waals surface area contributed by atoms with Crippen LogP contribution in [-0.4, -0.2) is 46.0 Å². The van der Waals surface area contributed by atoms with E-state index >= 15 is 0 Å². The molecule has 0 radical (unpaired) electrons. The van der Waals surface area contributed by atoms with Gasteiger partial charge < -0.3 is 9.47 Å². The minimum absolute atomic E-state index is 0.209. The second-order valence-electron chi connectivity index (χ2n) is 10.2. The Morgan fingerprint density at radius 2 is 1.59 bits per heavy atom. The normalized spacial score (nSPS) is 21.6. The van der Waals surface area contributed by atoms with Gasteiger partial charge in [-0.2, -0.15) is 0 Å². The maximum absolute atomic E-state index is 13.8. The van der Waals surface area contributed by atoms with Gasteiger partial charge in [-0.25, -0.2) is 0 Å². The largest absolute Gasteiger partial charge is 0.353 e. The molecule has 5 rings (SSSR count). The Morgan fingerprint density at radius 1 is 0.882 bits per heavy atom. The van der Waals surface area contributed by atoms with Crippen LogP contribution in [0.3, 0.4) is 0 Å². The second-order valence-corrected chi connectivity index (χ2v) is 10.2. The molecule has 1 amide bonds. The Balaban J connectivity index is 1.41. The lowest BCUT2D eigenvalue weighted by Gasteiger charge is -2.37. The van der Waals surface area contributed by atoms with Crippen LogP contribution >= 0.6 is 0 Å². The third kappa shape index (κ3) is 5.12. The zero-order chi connectivity index (χ0) is 23.3. The number of benzene rings is 2. The lowest BCUT2D eigenvalue weighted by Crippen LogP contribution is -2.45. The molecule has 4 nitrogen and oxygen atoms in total. The van der Waals surface area contributed by atoms with Crippen molar-refractivity contribution >= 4 is 5.91 Å². The molecule has 2 aliphatic rings. The van der Waals surface area contributed by atoms with Crippen molar-refractivity contribution in [3.05, 3.63) is 95.8 Å². The molecule has 4 heteroatoms. The van der Waals surface area contributed by atoms with Crippen molar-refractivity contribution in [2.24, 2.45) is 13.0 Å². The van der Waals surface area contributed by atoms with Crippen molar-refractivity contribution < 1.29 is 4.79 Å². The molecular weight excluding hydrogens is 418 g/mol. The summed E-state index contributed by atoms with van der Waals surface area (Å²) >= 11 is 0. The van der Waals surface area contributed by atoms with Gasteiger partial charge in [0.05, 0.1) is 0 Å². The number of aryl methyl sites for hydroxylation is 1. The van der Waals surface area contributed by atoms with E-state index in [2.05, 4.69) is 70.1 Å². The molecule has 2 fully saturated rings. The van der Waals surface area contributed by atoms with Crippen LogP contribution in [0.2, 0.25) is 0 Å². The van der Waals surface area contributed by atoms with Crippen LogP contribution in [0.1, 0.15) is 59.6 Å². The molecule has 0 N–H and O–H groups in total. The number of hydrogen-bond acceptors (Lipinski definition) is 2. The third-order valence-corrected chi connectivity index (χ3v) is 7.91. The molecule has 0 unspecified atom stereocenters. The molecule has 2 heterocycles. The van der Waals surface area contributed by atoms with Gasteiger partial charge in [-0.1, -0.05) is 67.8 Å². The Bertz CT molecular complexity index is 1050. The quantitative estimate of drug-likeness (QED) is 0.456. The molecule has 178 valence electrons. The van der Waals surface area contributed by atoms with E-state index in [0.717, 1.165) is 44.6 Å². The molecule has 1 saturated carbocycles.